The minimum absolute atomic E-state index is 0.0602. The summed E-state index contributed by atoms with van der Waals surface area (Å²) in [6.07, 6.45) is 0.0820. The molecule has 0 fully saturated rings. The monoisotopic (exact) mass is 246 g/mol. The number of rotatable bonds is 6. The molecule has 1 heterocycles. The molecule has 0 bridgehead atoms. The maximum Gasteiger partial charge on any atom is 0.132 e. The predicted molar refractivity (Wildman–Crippen MR) is 61.7 cm³/mol. The summed E-state index contributed by atoms with van der Waals surface area (Å²) >= 11 is 1.46. The molecule has 2 atom stereocenters. The van der Waals surface area contributed by atoms with Crippen LogP contribution in [0, 0.1) is 0 Å². The van der Waals surface area contributed by atoms with E-state index in [1.54, 1.807) is 7.11 Å². The highest BCUT2D eigenvalue weighted by Crippen LogP contribution is 2.15. The van der Waals surface area contributed by atoms with E-state index in [1.807, 2.05) is 17.5 Å². The number of thiophene rings is 1. The topological polar surface area (TPSA) is 43.4 Å². The fourth-order valence-corrected chi connectivity index (χ4v) is 3.41. The maximum absolute atomic E-state index is 11.8. The Morgan fingerprint density at radius 2 is 2.40 bits per heavy atom. The van der Waals surface area contributed by atoms with Gasteiger partial charge in [0, 0.05) is 13.5 Å². The number of Topliss-reactive ketones (excluding diaryl/α,β-unsaturated/α-hetero) is 1. The lowest BCUT2D eigenvalue weighted by molar-refractivity contribution is -0.119. The highest BCUT2D eigenvalue weighted by Gasteiger charge is 2.15. The minimum atomic E-state index is -1.06. The largest absolute Gasteiger partial charge is 0.380 e. The van der Waals surface area contributed by atoms with Crippen LogP contribution in [0.2, 0.25) is 0 Å². The van der Waals surface area contributed by atoms with Crippen LogP contribution in [0.3, 0.4) is 0 Å². The highest BCUT2D eigenvalue weighted by molar-refractivity contribution is 7.87. The number of hydrogen-bond donors (Lipinski definition) is 0. The van der Waals surface area contributed by atoms with E-state index in [1.165, 1.54) is 18.3 Å². The van der Waals surface area contributed by atoms with Crippen LogP contribution in [-0.2, 0) is 20.3 Å². The summed E-state index contributed by atoms with van der Waals surface area (Å²) in [6.45, 7) is 1.51. The Morgan fingerprint density at radius 3 is 2.87 bits per heavy atom. The third-order valence-electron chi connectivity index (χ3n) is 1.91. The van der Waals surface area contributed by atoms with Crippen LogP contribution in [0.25, 0.3) is 0 Å². The molecular weight excluding hydrogens is 232 g/mol. The molecule has 5 heteroatoms. The quantitative estimate of drug-likeness (QED) is 0.769. The van der Waals surface area contributed by atoms with Gasteiger partial charge >= 0.3 is 0 Å². The van der Waals surface area contributed by atoms with Crippen molar-refractivity contribution in [1.29, 1.82) is 0 Å². The van der Waals surface area contributed by atoms with E-state index in [2.05, 4.69) is 0 Å². The number of ketones is 1. The highest BCUT2D eigenvalue weighted by atomic mass is 32.2. The Hall–Kier alpha value is -0.520. The van der Waals surface area contributed by atoms with Gasteiger partial charge in [0.1, 0.15) is 5.78 Å². The van der Waals surface area contributed by atoms with Crippen molar-refractivity contribution < 1.29 is 13.7 Å². The van der Waals surface area contributed by atoms with Gasteiger partial charge in [-0.25, -0.2) is 0 Å². The van der Waals surface area contributed by atoms with Gasteiger partial charge in [0.25, 0.3) is 0 Å². The first-order valence-electron chi connectivity index (χ1n) is 4.57. The second-order valence-corrected chi connectivity index (χ2v) is 5.88. The standard InChI is InChI=1S/C10H14O3S2/c1-8(11)6-9(13-2)7-15(12)10-4-3-5-14-10/h3-5,9H,6-7H2,1-2H3. The zero-order valence-corrected chi connectivity index (χ0v) is 10.4. The summed E-state index contributed by atoms with van der Waals surface area (Å²) in [6, 6.07) is 3.70. The van der Waals surface area contributed by atoms with Crippen LogP contribution in [0.1, 0.15) is 13.3 Å². The van der Waals surface area contributed by atoms with Gasteiger partial charge in [0.15, 0.2) is 0 Å². The van der Waals surface area contributed by atoms with E-state index in [4.69, 9.17) is 4.74 Å². The van der Waals surface area contributed by atoms with Crippen LogP contribution in [0.5, 0.6) is 0 Å². The van der Waals surface area contributed by atoms with Crippen molar-refractivity contribution in [2.24, 2.45) is 0 Å². The normalized spacial score (nSPS) is 14.8. The molecule has 1 aromatic rings. The Morgan fingerprint density at radius 1 is 1.67 bits per heavy atom. The van der Waals surface area contributed by atoms with Crippen LogP contribution >= 0.6 is 11.3 Å². The lowest BCUT2D eigenvalue weighted by atomic mass is 10.2. The van der Waals surface area contributed by atoms with Crippen LogP contribution < -0.4 is 0 Å². The predicted octanol–water partition coefficient (Wildman–Crippen LogP) is 1.85. The minimum Gasteiger partial charge on any atom is -0.380 e. The van der Waals surface area contributed by atoms with Crippen molar-refractivity contribution in [3.63, 3.8) is 0 Å². The third-order valence-corrected chi connectivity index (χ3v) is 4.67. The van der Waals surface area contributed by atoms with E-state index in [9.17, 15) is 9.00 Å². The molecule has 2 unspecified atom stereocenters. The SMILES string of the molecule is COC(CC(C)=O)CS(=O)c1cccs1. The molecule has 3 nitrogen and oxygen atoms in total. The zero-order chi connectivity index (χ0) is 11.3. The number of ether oxygens (including phenoxy) is 1. The average Bonchev–Trinajstić information content (AvgIpc) is 2.68. The molecule has 0 aliphatic carbocycles. The van der Waals surface area contributed by atoms with Gasteiger partial charge in [-0.1, -0.05) is 6.07 Å². The molecule has 1 rings (SSSR count). The third kappa shape index (κ3) is 4.24. The molecule has 15 heavy (non-hydrogen) atoms. The molecule has 0 aliphatic heterocycles. The van der Waals surface area contributed by atoms with Gasteiger partial charge in [-0.15, -0.1) is 11.3 Å². The van der Waals surface area contributed by atoms with E-state index in [0.717, 1.165) is 4.21 Å². The molecule has 0 spiro atoms. The summed E-state index contributed by atoms with van der Waals surface area (Å²) in [7, 11) is 0.484. The Bertz CT molecular complexity index is 332. The summed E-state index contributed by atoms with van der Waals surface area (Å²) in [5.41, 5.74) is 0. The second-order valence-electron chi connectivity index (χ2n) is 3.21. The van der Waals surface area contributed by atoms with Crippen molar-refractivity contribution in [3.8, 4) is 0 Å². The average molecular weight is 246 g/mol. The molecule has 0 N–H and O–H groups in total. The first-order valence-corrected chi connectivity index (χ1v) is 6.77. The number of hydrogen-bond acceptors (Lipinski definition) is 4. The molecule has 0 radical (unpaired) electrons. The lowest BCUT2D eigenvalue weighted by Gasteiger charge is -2.12. The fourth-order valence-electron chi connectivity index (χ4n) is 1.17. The molecular formula is C10H14O3S2. The van der Waals surface area contributed by atoms with E-state index in [-0.39, 0.29) is 11.9 Å². The van der Waals surface area contributed by atoms with Gasteiger partial charge in [-0.3, -0.25) is 9.00 Å². The molecule has 1 aromatic heterocycles. The second kappa shape index (κ2) is 6.15. The fraction of sp³-hybridized carbons (Fsp3) is 0.500. The summed E-state index contributed by atoms with van der Waals surface area (Å²) < 4.78 is 17.7. The summed E-state index contributed by atoms with van der Waals surface area (Å²) in [5, 5.41) is 1.89. The van der Waals surface area contributed by atoms with E-state index in [0.29, 0.717) is 12.2 Å². The molecule has 0 aromatic carbocycles. The molecule has 84 valence electrons. The number of methoxy groups -OCH3 is 1. The Labute approximate surface area is 95.9 Å². The number of carbonyl (C=O) groups excluding carboxylic acids is 1. The van der Waals surface area contributed by atoms with Gasteiger partial charge in [0.05, 0.1) is 26.9 Å². The van der Waals surface area contributed by atoms with Crippen molar-refractivity contribution in [2.45, 2.75) is 23.7 Å². The van der Waals surface area contributed by atoms with Gasteiger partial charge in [-0.05, 0) is 18.4 Å². The summed E-state index contributed by atoms with van der Waals surface area (Å²) in [5.74, 6) is 0.446. The van der Waals surface area contributed by atoms with Crippen molar-refractivity contribution in [1.82, 2.24) is 0 Å². The lowest BCUT2D eigenvalue weighted by Crippen LogP contribution is -2.21. The number of carbonyl (C=O) groups is 1. The van der Waals surface area contributed by atoms with Crippen molar-refractivity contribution in [3.05, 3.63) is 17.5 Å². The van der Waals surface area contributed by atoms with Crippen molar-refractivity contribution in [2.75, 3.05) is 12.9 Å². The Kier molecular flexibility index (Phi) is 5.14. The molecule has 0 saturated heterocycles. The summed E-state index contributed by atoms with van der Waals surface area (Å²) in [4.78, 5) is 10.9. The van der Waals surface area contributed by atoms with Gasteiger partial charge in [0.2, 0.25) is 0 Å². The van der Waals surface area contributed by atoms with E-state index < -0.39 is 10.8 Å². The van der Waals surface area contributed by atoms with Crippen LogP contribution in [-0.4, -0.2) is 29.0 Å². The van der Waals surface area contributed by atoms with Gasteiger partial charge in [-0.2, -0.15) is 0 Å². The van der Waals surface area contributed by atoms with Crippen molar-refractivity contribution >= 4 is 27.9 Å². The zero-order valence-electron chi connectivity index (χ0n) is 8.76. The maximum atomic E-state index is 11.8. The van der Waals surface area contributed by atoms with E-state index >= 15 is 0 Å². The first-order chi connectivity index (χ1) is 7.13. The van der Waals surface area contributed by atoms with Gasteiger partial charge < -0.3 is 4.74 Å². The Balaban J connectivity index is 2.52. The molecule has 0 amide bonds. The van der Waals surface area contributed by atoms with Crippen LogP contribution in [0.4, 0.5) is 0 Å². The smallest absolute Gasteiger partial charge is 0.132 e. The van der Waals surface area contributed by atoms with Crippen LogP contribution in [0.15, 0.2) is 21.7 Å². The first kappa shape index (κ1) is 12.5. The molecule has 0 aliphatic rings. The molecule has 0 saturated carbocycles.